The molecular formula is C25H23N3O2S2. The van der Waals surface area contributed by atoms with Crippen molar-refractivity contribution in [2.24, 2.45) is 0 Å². The Hall–Kier alpha value is -3.16. The van der Waals surface area contributed by atoms with Gasteiger partial charge in [0, 0.05) is 23.6 Å². The summed E-state index contributed by atoms with van der Waals surface area (Å²) in [6, 6.07) is 27.8. The minimum absolute atomic E-state index is 0.503. The minimum Gasteiger partial charge on any atom is -0.481 e. The van der Waals surface area contributed by atoms with Crippen LogP contribution in [0.15, 0.2) is 84.9 Å². The summed E-state index contributed by atoms with van der Waals surface area (Å²) >= 11 is 7.07. The van der Waals surface area contributed by atoms with Gasteiger partial charge in [0.05, 0.1) is 5.92 Å². The van der Waals surface area contributed by atoms with Crippen molar-refractivity contribution in [2.75, 3.05) is 11.5 Å². The van der Waals surface area contributed by atoms with Gasteiger partial charge in [-0.3, -0.25) is 14.5 Å². The van der Waals surface area contributed by atoms with Crippen LogP contribution in [0.3, 0.4) is 0 Å². The predicted octanol–water partition coefficient (Wildman–Crippen LogP) is 5.88. The fourth-order valence-corrected chi connectivity index (χ4v) is 4.84. The zero-order valence-corrected chi connectivity index (χ0v) is 19.0. The van der Waals surface area contributed by atoms with Crippen LogP contribution < -0.4 is 0 Å². The Balaban J connectivity index is 1.46. The van der Waals surface area contributed by atoms with E-state index in [1.807, 2.05) is 65.2 Å². The second-order valence-corrected chi connectivity index (χ2v) is 8.86. The summed E-state index contributed by atoms with van der Waals surface area (Å²) in [5, 5.41) is 17.0. The van der Waals surface area contributed by atoms with Crippen molar-refractivity contribution in [3.63, 3.8) is 0 Å². The normalized spacial score (nSPS) is 11.9. The number of carboxylic acid groups (broad SMARTS) is 1. The van der Waals surface area contributed by atoms with E-state index in [0.29, 0.717) is 17.1 Å². The molecule has 5 nitrogen and oxygen atoms in total. The smallest absolute Gasteiger partial charge is 0.311 e. The Morgan fingerprint density at radius 1 is 0.969 bits per heavy atom. The first-order valence-corrected chi connectivity index (χ1v) is 11.9. The first-order valence-electron chi connectivity index (χ1n) is 10.3. The third kappa shape index (κ3) is 5.18. The minimum atomic E-state index is -0.804. The molecule has 0 aliphatic heterocycles. The SMILES string of the molecule is O=C(O)C(CSCCn1c(-c2cccc(-c3ccccc3)c2)n[nH]c1=S)c1ccccc1. The highest BCUT2D eigenvalue weighted by atomic mass is 32.2. The van der Waals surface area contributed by atoms with Crippen molar-refractivity contribution >= 4 is 29.9 Å². The molecule has 0 saturated heterocycles. The average molecular weight is 462 g/mol. The monoisotopic (exact) mass is 461 g/mol. The summed E-state index contributed by atoms with van der Waals surface area (Å²) in [6.45, 7) is 0.645. The number of nitrogens with zero attached hydrogens (tertiary/aromatic N) is 2. The van der Waals surface area contributed by atoms with Gasteiger partial charge in [0.25, 0.3) is 0 Å². The molecule has 0 aliphatic carbocycles. The Morgan fingerprint density at radius 2 is 1.62 bits per heavy atom. The van der Waals surface area contributed by atoms with Crippen molar-refractivity contribution in [1.29, 1.82) is 0 Å². The number of H-pyrrole nitrogens is 1. The van der Waals surface area contributed by atoms with E-state index in [4.69, 9.17) is 12.2 Å². The highest BCUT2D eigenvalue weighted by molar-refractivity contribution is 7.99. The zero-order valence-electron chi connectivity index (χ0n) is 17.3. The number of hydrogen-bond donors (Lipinski definition) is 2. The van der Waals surface area contributed by atoms with E-state index in [1.165, 1.54) is 0 Å². The second-order valence-electron chi connectivity index (χ2n) is 7.33. The van der Waals surface area contributed by atoms with Gasteiger partial charge in [0.1, 0.15) is 0 Å². The molecule has 162 valence electrons. The zero-order chi connectivity index (χ0) is 22.3. The number of benzene rings is 3. The Bertz CT molecular complexity index is 1240. The molecule has 0 aliphatic rings. The quantitative estimate of drug-likeness (QED) is 0.241. The number of thioether (sulfide) groups is 1. The van der Waals surface area contributed by atoms with E-state index in [2.05, 4.69) is 34.5 Å². The number of nitrogens with one attached hydrogen (secondary N) is 1. The lowest BCUT2D eigenvalue weighted by molar-refractivity contribution is -0.138. The maximum Gasteiger partial charge on any atom is 0.311 e. The molecule has 0 fully saturated rings. The topological polar surface area (TPSA) is 70.9 Å². The number of carboxylic acids is 1. The summed E-state index contributed by atoms with van der Waals surface area (Å²) in [6.07, 6.45) is 0. The van der Waals surface area contributed by atoms with Gasteiger partial charge in [0.2, 0.25) is 0 Å². The van der Waals surface area contributed by atoms with E-state index in [0.717, 1.165) is 33.8 Å². The van der Waals surface area contributed by atoms with Crippen molar-refractivity contribution < 1.29 is 9.90 Å². The first-order chi connectivity index (χ1) is 15.6. The molecule has 0 radical (unpaired) electrons. The molecule has 7 heteroatoms. The van der Waals surface area contributed by atoms with Crippen molar-refractivity contribution in [1.82, 2.24) is 14.8 Å². The summed E-state index contributed by atoms with van der Waals surface area (Å²) in [4.78, 5) is 11.7. The van der Waals surface area contributed by atoms with Crippen LogP contribution in [0.25, 0.3) is 22.5 Å². The van der Waals surface area contributed by atoms with Gasteiger partial charge < -0.3 is 5.11 Å². The molecule has 0 amide bonds. The fraction of sp³-hybridized carbons (Fsp3) is 0.160. The van der Waals surface area contributed by atoms with E-state index < -0.39 is 11.9 Å². The molecule has 4 rings (SSSR count). The number of carbonyl (C=O) groups is 1. The van der Waals surface area contributed by atoms with Gasteiger partial charge in [-0.2, -0.15) is 16.9 Å². The number of aromatic nitrogens is 3. The van der Waals surface area contributed by atoms with Gasteiger partial charge in [-0.25, -0.2) is 0 Å². The first kappa shape index (κ1) is 22.0. The molecule has 1 aromatic heterocycles. The lowest BCUT2D eigenvalue weighted by atomic mass is 10.0. The van der Waals surface area contributed by atoms with Gasteiger partial charge in [0.15, 0.2) is 10.6 Å². The van der Waals surface area contributed by atoms with Crippen LogP contribution >= 0.6 is 24.0 Å². The number of aromatic amines is 1. The Labute approximate surface area is 196 Å². The standard InChI is InChI=1S/C25H23N3O2S2/c29-24(30)22(19-10-5-2-6-11-19)17-32-15-14-28-23(26-27-25(28)31)21-13-7-12-20(16-21)18-8-3-1-4-9-18/h1-13,16,22H,14-15,17H2,(H,27,31)(H,29,30). The van der Waals surface area contributed by atoms with Crippen LogP contribution in [0.5, 0.6) is 0 Å². The van der Waals surface area contributed by atoms with Crippen LogP contribution in [0.4, 0.5) is 0 Å². The molecule has 0 saturated carbocycles. The average Bonchev–Trinajstić information content (AvgIpc) is 3.20. The molecule has 1 heterocycles. The predicted molar refractivity (Wildman–Crippen MR) is 132 cm³/mol. The Kier molecular flexibility index (Phi) is 7.19. The van der Waals surface area contributed by atoms with Crippen molar-refractivity contribution in [2.45, 2.75) is 12.5 Å². The maximum atomic E-state index is 11.7. The van der Waals surface area contributed by atoms with Gasteiger partial charge in [-0.15, -0.1) is 0 Å². The molecule has 1 unspecified atom stereocenters. The maximum absolute atomic E-state index is 11.7. The third-order valence-corrected chi connectivity index (χ3v) is 6.58. The number of aliphatic carboxylic acids is 1. The molecule has 4 aromatic rings. The summed E-state index contributed by atoms with van der Waals surface area (Å²) in [7, 11) is 0. The summed E-state index contributed by atoms with van der Waals surface area (Å²) in [5.41, 5.74) is 4.07. The molecule has 0 bridgehead atoms. The van der Waals surface area contributed by atoms with E-state index in [1.54, 1.807) is 11.8 Å². The van der Waals surface area contributed by atoms with Gasteiger partial charge >= 0.3 is 5.97 Å². The molecule has 0 spiro atoms. The second kappa shape index (κ2) is 10.4. The molecule has 3 aromatic carbocycles. The highest BCUT2D eigenvalue weighted by Crippen LogP contribution is 2.26. The van der Waals surface area contributed by atoms with Crippen molar-refractivity contribution in [3.05, 3.63) is 95.3 Å². The number of rotatable bonds is 9. The highest BCUT2D eigenvalue weighted by Gasteiger charge is 2.19. The summed E-state index contributed by atoms with van der Waals surface area (Å²) < 4.78 is 2.54. The van der Waals surface area contributed by atoms with E-state index >= 15 is 0 Å². The molecule has 32 heavy (non-hydrogen) atoms. The van der Waals surface area contributed by atoms with E-state index in [-0.39, 0.29) is 0 Å². The largest absolute Gasteiger partial charge is 0.481 e. The van der Waals surface area contributed by atoms with Crippen LogP contribution in [0.2, 0.25) is 0 Å². The Morgan fingerprint density at radius 3 is 2.34 bits per heavy atom. The van der Waals surface area contributed by atoms with Crippen LogP contribution in [0.1, 0.15) is 11.5 Å². The van der Waals surface area contributed by atoms with Crippen LogP contribution in [0, 0.1) is 4.77 Å². The lowest BCUT2D eigenvalue weighted by Crippen LogP contribution is -2.15. The summed E-state index contributed by atoms with van der Waals surface area (Å²) in [5.74, 6) is 0.688. The third-order valence-electron chi connectivity index (χ3n) is 5.23. The van der Waals surface area contributed by atoms with Gasteiger partial charge in [-0.1, -0.05) is 78.9 Å². The van der Waals surface area contributed by atoms with Crippen molar-refractivity contribution in [3.8, 4) is 22.5 Å². The molecule has 1 atom stereocenters. The van der Waals surface area contributed by atoms with E-state index in [9.17, 15) is 9.90 Å². The fourth-order valence-electron chi connectivity index (χ4n) is 3.57. The lowest BCUT2D eigenvalue weighted by Gasteiger charge is -2.13. The molecular weight excluding hydrogens is 438 g/mol. The van der Waals surface area contributed by atoms with Gasteiger partial charge in [-0.05, 0) is 35.0 Å². The van der Waals surface area contributed by atoms with Crippen LogP contribution in [-0.4, -0.2) is 37.3 Å². The van der Waals surface area contributed by atoms with Crippen LogP contribution in [-0.2, 0) is 11.3 Å². The number of hydrogen-bond acceptors (Lipinski definition) is 4. The molecule has 2 N–H and O–H groups in total.